The van der Waals surface area contributed by atoms with Gasteiger partial charge in [-0.2, -0.15) is 0 Å². The lowest BCUT2D eigenvalue weighted by molar-refractivity contribution is 0.0953. The molecule has 2 aromatic rings. The number of nitrogens with two attached hydrogens (primary N) is 1. The molecule has 0 spiro atoms. The van der Waals surface area contributed by atoms with E-state index in [0.29, 0.717) is 34.9 Å². The van der Waals surface area contributed by atoms with Crippen LogP contribution in [0.1, 0.15) is 34.2 Å². The zero-order valence-corrected chi connectivity index (χ0v) is 12.7. The SMILES string of the molecule is CCNC(=O)c1c(C)nc(N)nc1Cc1ccc(Cl)cc1. The lowest BCUT2D eigenvalue weighted by Gasteiger charge is -2.12. The average molecular weight is 305 g/mol. The van der Waals surface area contributed by atoms with Crippen LogP contribution in [0.5, 0.6) is 0 Å². The molecule has 0 atom stereocenters. The zero-order chi connectivity index (χ0) is 15.4. The number of aryl methyl sites for hydroxylation is 1. The van der Waals surface area contributed by atoms with Gasteiger partial charge in [0.05, 0.1) is 17.0 Å². The van der Waals surface area contributed by atoms with Gasteiger partial charge in [0.15, 0.2) is 0 Å². The first-order valence-electron chi connectivity index (χ1n) is 6.67. The lowest BCUT2D eigenvalue weighted by atomic mass is 10.0. The van der Waals surface area contributed by atoms with E-state index in [1.165, 1.54) is 0 Å². The minimum atomic E-state index is -0.182. The number of halogens is 1. The Morgan fingerprint density at radius 2 is 1.95 bits per heavy atom. The molecule has 1 aromatic carbocycles. The average Bonchev–Trinajstić information content (AvgIpc) is 2.41. The molecule has 6 heteroatoms. The molecule has 5 nitrogen and oxygen atoms in total. The second-order valence-electron chi connectivity index (χ2n) is 4.65. The van der Waals surface area contributed by atoms with E-state index in [0.717, 1.165) is 5.56 Å². The summed E-state index contributed by atoms with van der Waals surface area (Å²) in [7, 11) is 0. The quantitative estimate of drug-likeness (QED) is 0.908. The predicted octanol–water partition coefficient (Wildman–Crippen LogP) is 2.36. The van der Waals surface area contributed by atoms with Gasteiger partial charge in [0.25, 0.3) is 5.91 Å². The molecule has 3 N–H and O–H groups in total. The molecule has 1 aromatic heterocycles. The van der Waals surface area contributed by atoms with Crippen LogP contribution in [0.4, 0.5) is 5.95 Å². The number of nitrogens with zero attached hydrogens (tertiary/aromatic N) is 2. The van der Waals surface area contributed by atoms with E-state index in [9.17, 15) is 4.79 Å². The van der Waals surface area contributed by atoms with Crippen LogP contribution in [-0.2, 0) is 6.42 Å². The van der Waals surface area contributed by atoms with E-state index in [1.807, 2.05) is 19.1 Å². The van der Waals surface area contributed by atoms with Crippen molar-refractivity contribution in [2.45, 2.75) is 20.3 Å². The minimum absolute atomic E-state index is 0.171. The van der Waals surface area contributed by atoms with Crippen LogP contribution < -0.4 is 11.1 Å². The number of hydrogen-bond acceptors (Lipinski definition) is 4. The first-order chi connectivity index (χ1) is 10.0. The Kier molecular flexibility index (Phi) is 4.75. The van der Waals surface area contributed by atoms with E-state index >= 15 is 0 Å². The number of carbonyl (C=O) groups excluding carboxylic acids is 1. The zero-order valence-electron chi connectivity index (χ0n) is 12.0. The number of rotatable bonds is 4. The van der Waals surface area contributed by atoms with Gasteiger partial charge in [-0.25, -0.2) is 9.97 Å². The van der Waals surface area contributed by atoms with Crippen molar-refractivity contribution < 1.29 is 4.79 Å². The van der Waals surface area contributed by atoms with Crippen molar-refractivity contribution >= 4 is 23.5 Å². The molecule has 0 aliphatic rings. The highest BCUT2D eigenvalue weighted by Gasteiger charge is 2.17. The first kappa shape index (κ1) is 15.3. The maximum atomic E-state index is 12.2. The fraction of sp³-hybridized carbons (Fsp3) is 0.267. The van der Waals surface area contributed by atoms with Crippen molar-refractivity contribution in [2.24, 2.45) is 0 Å². The van der Waals surface area contributed by atoms with E-state index in [2.05, 4.69) is 15.3 Å². The molecule has 0 saturated heterocycles. The Morgan fingerprint density at radius 1 is 1.29 bits per heavy atom. The Hall–Kier alpha value is -2.14. The van der Waals surface area contributed by atoms with Crippen molar-refractivity contribution in [1.29, 1.82) is 0 Å². The molecule has 0 saturated carbocycles. The summed E-state index contributed by atoms with van der Waals surface area (Å²) < 4.78 is 0. The highest BCUT2D eigenvalue weighted by molar-refractivity contribution is 6.30. The largest absolute Gasteiger partial charge is 0.368 e. The fourth-order valence-corrected chi connectivity index (χ4v) is 2.25. The summed E-state index contributed by atoms with van der Waals surface area (Å²) in [4.78, 5) is 20.5. The number of amides is 1. The summed E-state index contributed by atoms with van der Waals surface area (Å²) in [6.45, 7) is 4.17. The number of nitrogens with one attached hydrogen (secondary N) is 1. The summed E-state index contributed by atoms with van der Waals surface area (Å²) in [6, 6.07) is 7.41. The summed E-state index contributed by atoms with van der Waals surface area (Å²) in [5.74, 6) is -0.0107. The summed E-state index contributed by atoms with van der Waals surface area (Å²) >= 11 is 5.88. The molecule has 2 rings (SSSR count). The highest BCUT2D eigenvalue weighted by atomic mass is 35.5. The van der Waals surface area contributed by atoms with Crippen LogP contribution in [0.3, 0.4) is 0 Å². The highest BCUT2D eigenvalue weighted by Crippen LogP contribution is 2.18. The monoisotopic (exact) mass is 304 g/mol. The first-order valence-corrected chi connectivity index (χ1v) is 7.04. The molecule has 1 amide bonds. The molecule has 0 aliphatic carbocycles. The summed E-state index contributed by atoms with van der Waals surface area (Å²) in [6.07, 6.45) is 0.497. The minimum Gasteiger partial charge on any atom is -0.368 e. The van der Waals surface area contributed by atoms with Gasteiger partial charge < -0.3 is 11.1 Å². The van der Waals surface area contributed by atoms with E-state index in [1.54, 1.807) is 19.1 Å². The predicted molar refractivity (Wildman–Crippen MR) is 83.4 cm³/mol. The Bertz CT molecular complexity index is 655. The van der Waals surface area contributed by atoms with Crippen LogP contribution >= 0.6 is 11.6 Å². The molecular formula is C15H17ClN4O. The van der Waals surface area contributed by atoms with Crippen LogP contribution in [0.25, 0.3) is 0 Å². The molecule has 0 bridgehead atoms. The third kappa shape index (κ3) is 3.70. The summed E-state index contributed by atoms with van der Waals surface area (Å²) in [5.41, 5.74) is 8.39. The Labute approximate surface area is 128 Å². The van der Waals surface area contributed by atoms with Crippen molar-refractivity contribution in [2.75, 3.05) is 12.3 Å². The number of aromatic nitrogens is 2. The van der Waals surface area contributed by atoms with Gasteiger partial charge >= 0.3 is 0 Å². The molecule has 0 unspecified atom stereocenters. The van der Waals surface area contributed by atoms with E-state index in [-0.39, 0.29) is 11.9 Å². The van der Waals surface area contributed by atoms with Crippen molar-refractivity contribution in [3.05, 3.63) is 51.8 Å². The van der Waals surface area contributed by atoms with Gasteiger partial charge in [-0.1, -0.05) is 23.7 Å². The maximum Gasteiger partial charge on any atom is 0.254 e. The maximum absolute atomic E-state index is 12.2. The smallest absolute Gasteiger partial charge is 0.254 e. The van der Waals surface area contributed by atoms with E-state index < -0.39 is 0 Å². The third-order valence-corrected chi connectivity index (χ3v) is 3.28. The molecule has 21 heavy (non-hydrogen) atoms. The normalized spacial score (nSPS) is 10.4. The van der Waals surface area contributed by atoms with E-state index in [4.69, 9.17) is 17.3 Å². The molecule has 110 valence electrons. The number of carbonyl (C=O) groups is 1. The van der Waals surface area contributed by atoms with Crippen molar-refractivity contribution in [1.82, 2.24) is 15.3 Å². The Morgan fingerprint density at radius 3 is 2.57 bits per heavy atom. The van der Waals surface area contributed by atoms with Gasteiger partial charge in [0.1, 0.15) is 0 Å². The molecular weight excluding hydrogens is 288 g/mol. The summed E-state index contributed by atoms with van der Waals surface area (Å²) in [5, 5.41) is 3.44. The number of nitrogen functional groups attached to an aromatic ring is 1. The third-order valence-electron chi connectivity index (χ3n) is 3.03. The van der Waals surface area contributed by atoms with Gasteiger partial charge in [0, 0.05) is 18.0 Å². The van der Waals surface area contributed by atoms with Crippen molar-refractivity contribution in [3.63, 3.8) is 0 Å². The van der Waals surface area contributed by atoms with Gasteiger partial charge in [0.2, 0.25) is 5.95 Å². The molecule has 0 radical (unpaired) electrons. The molecule has 1 heterocycles. The fourth-order valence-electron chi connectivity index (χ4n) is 2.12. The second-order valence-corrected chi connectivity index (χ2v) is 5.09. The van der Waals surface area contributed by atoms with Crippen LogP contribution in [-0.4, -0.2) is 22.4 Å². The van der Waals surface area contributed by atoms with Crippen LogP contribution in [0.15, 0.2) is 24.3 Å². The van der Waals surface area contributed by atoms with Gasteiger partial charge in [-0.15, -0.1) is 0 Å². The molecule has 0 fully saturated rings. The Balaban J connectivity index is 2.41. The van der Waals surface area contributed by atoms with Gasteiger partial charge in [-0.05, 0) is 31.5 Å². The second kappa shape index (κ2) is 6.54. The standard InChI is InChI=1S/C15H17ClN4O/c1-3-18-14(21)13-9(2)19-15(17)20-12(13)8-10-4-6-11(16)7-5-10/h4-7H,3,8H2,1-2H3,(H,18,21)(H2,17,19,20). The van der Waals surface area contributed by atoms with Crippen molar-refractivity contribution in [3.8, 4) is 0 Å². The number of benzene rings is 1. The molecule has 0 aliphatic heterocycles. The van der Waals surface area contributed by atoms with Crippen LogP contribution in [0, 0.1) is 6.92 Å². The van der Waals surface area contributed by atoms with Gasteiger partial charge in [-0.3, -0.25) is 4.79 Å². The lowest BCUT2D eigenvalue weighted by Crippen LogP contribution is -2.26. The topological polar surface area (TPSA) is 80.9 Å². The number of hydrogen-bond donors (Lipinski definition) is 2. The number of anilines is 1. The van der Waals surface area contributed by atoms with Crippen LogP contribution in [0.2, 0.25) is 5.02 Å².